The number of likely N-dealkylation sites (tertiary alicyclic amines) is 1. The molecule has 1 atom stereocenters. The number of aldehydes is 1. The third-order valence-corrected chi connectivity index (χ3v) is 3.64. The van der Waals surface area contributed by atoms with Crippen molar-refractivity contribution in [2.24, 2.45) is 0 Å². The number of carbonyl (C=O) groups is 1. The van der Waals surface area contributed by atoms with E-state index in [0.717, 1.165) is 37.9 Å². The number of nitrogens with one attached hydrogen (secondary N) is 1. The predicted molar refractivity (Wildman–Crippen MR) is 55.3 cm³/mol. The molecule has 3 rings (SSSR count). The first-order valence-electron chi connectivity index (χ1n) is 5.58. The Morgan fingerprint density at radius 3 is 3.07 bits per heavy atom. The Hall–Kier alpha value is -1.16. The molecule has 1 aromatic rings. The van der Waals surface area contributed by atoms with Gasteiger partial charge < -0.3 is 9.78 Å². The molecule has 15 heavy (non-hydrogen) atoms. The molecule has 80 valence electrons. The molecule has 4 nitrogen and oxygen atoms in total. The fourth-order valence-corrected chi connectivity index (χ4v) is 2.64. The van der Waals surface area contributed by atoms with Gasteiger partial charge in [-0.2, -0.15) is 0 Å². The SMILES string of the molecule is O=CC1(N2CCC[C@H]2c2ncc[nH]2)CC1. The molecule has 1 saturated heterocycles. The van der Waals surface area contributed by atoms with Gasteiger partial charge >= 0.3 is 0 Å². The summed E-state index contributed by atoms with van der Waals surface area (Å²) in [6.07, 6.45) is 9.10. The van der Waals surface area contributed by atoms with E-state index >= 15 is 0 Å². The zero-order valence-electron chi connectivity index (χ0n) is 8.65. The molecule has 0 unspecified atom stereocenters. The summed E-state index contributed by atoms with van der Waals surface area (Å²) in [6.45, 7) is 1.03. The molecule has 1 aromatic heterocycles. The van der Waals surface area contributed by atoms with Gasteiger partial charge in [-0.05, 0) is 32.2 Å². The van der Waals surface area contributed by atoms with Gasteiger partial charge in [0.15, 0.2) is 0 Å². The van der Waals surface area contributed by atoms with Crippen LogP contribution in [0, 0.1) is 0 Å². The second kappa shape index (κ2) is 3.17. The van der Waals surface area contributed by atoms with Crippen molar-refractivity contribution >= 4 is 6.29 Å². The number of nitrogens with zero attached hydrogens (tertiary/aromatic N) is 2. The summed E-state index contributed by atoms with van der Waals surface area (Å²) in [5.41, 5.74) is -0.145. The average molecular weight is 205 g/mol. The number of rotatable bonds is 3. The lowest BCUT2D eigenvalue weighted by molar-refractivity contribution is -0.114. The summed E-state index contributed by atoms with van der Waals surface area (Å²) in [6, 6.07) is 0.327. The highest BCUT2D eigenvalue weighted by atomic mass is 16.1. The van der Waals surface area contributed by atoms with Gasteiger partial charge in [0.1, 0.15) is 12.1 Å². The maximum Gasteiger partial charge on any atom is 0.140 e. The van der Waals surface area contributed by atoms with Crippen molar-refractivity contribution in [1.82, 2.24) is 14.9 Å². The number of aromatic nitrogens is 2. The lowest BCUT2D eigenvalue weighted by atomic mass is 10.1. The number of carbonyl (C=O) groups excluding carboxylic acids is 1. The maximum atomic E-state index is 11.1. The molecular weight excluding hydrogens is 190 g/mol. The van der Waals surface area contributed by atoms with Gasteiger partial charge in [-0.1, -0.05) is 0 Å². The number of hydrogen-bond donors (Lipinski definition) is 1. The molecule has 0 amide bonds. The third kappa shape index (κ3) is 1.32. The molecule has 1 N–H and O–H groups in total. The molecule has 2 heterocycles. The van der Waals surface area contributed by atoms with Gasteiger partial charge in [0.05, 0.1) is 11.6 Å². The first-order valence-corrected chi connectivity index (χ1v) is 5.58. The van der Waals surface area contributed by atoms with Gasteiger partial charge in [0.25, 0.3) is 0 Å². The molecule has 1 saturated carbocycles. The Labute approximate surface area is 88.7 Å². The normalized spacial score (nSPS) is 29.2. The minimum Gasteiger partial charge on any atom is -0.347 e. The molecule has 1 aliphatic heterocycles. The van der Waals surface area contributed by atoms with Crippen LogP contribution in [0.25, 0.3) is 0 Å². The predicted octanol–water partition coefficient (Wildman–Crippen LogP) is 1.28. The lowest BCUT2D eigenvalue weighted by Gasteiger charge is -2.28. The highest BCUT2D eigenvalue weighted by molar-refractivity contribution is 5.69. The summed E-state index contributed by atoms with van der Waals surface area (Å²) in [7, 11) is 0. The van der Waals surface area contributed by atoms with Crippen molar-refractivity contribution in [3.63, 3.8) is 0 Å². The van der Waals surface area contributed by atoms with Crippen molar-refractivity contribution in [3.05, 3.63) is 18.2 Å². The van der Waals surface area contributed by atoms with Gasteiger partial charge in [-0.25, -0.2) is 4.98 Å². The van der Waals surface area contributed by atoms with E-state index in [-0.39, 0.29) is 5.54 Å². The molecule has 2 fully saturated rings. The van der Waals surface area contributed by atoms with Gasteiger partial charge in [-0.3, -0.25) is 4.90 Å². The zero-order chi connectivity index (χ0) is 10.3. The Morgan fingerprint density at radius 1 is 1.60 bits per heavy atom. The highest BCUT2D eigenvalue weighted by Crippen LogP contribution is 2.47. The average Bonchev–Trinajstić information content (AvgIpc) is 2.74. The van der Waals surface area contributed by atoms with Crippen molar-refractivity contribution in [2.75, 3.05) is 6.54 Å². The van der Waals surface area contributed by atoms with Crippen LogP contribution in [0.4, 0.5) is 0 Å². The van der Waals surface area contributed by atoms with Gasteiger partial charge in [-0.15, -0.1) is 0 Å². The molecular formula is C11H15N3O. The Bertz CT molecular complexity index is 356. The van der Waals surface area contributed by atoms with E-state index in [1.54, 1.807) is 6.20 Å². The second-order valence-electron chi connectivity index (χ2n) is 4.55. The molecule has 0 bridgehead atoms. The Morgan fingerprint density at radius 2 is 2.47 bits per heavy atom. The fraction of sp³-hybridized carbons (Fsp3) is 0.636. The summed E-state index contributed by atoms with van der Waals surface area (Å²) >= 11 is 0. The van der Waals surface area contributed by atoms with Crippen molar-refractivity contribution < 1.29 is 4.79 Å². The van der Waals surface area contributed by atoms with E-state index in [2.05, 4.69) is 14.9 Å². The Balaban J connectivity index is 1.87. The fourth-order valence-electron chi connectivity index (χ4n) is 2.64. The van der Waals surface area contributed by atoms with E-state index < -0.39 is 0 Å². The van der Waals surface area contributed by atoms with Crippen LogP contribution in [0.2, 0.25) is 0 Å². The van der Waals surface area contributed by atoms with E-state index in [9.17, 15) is 4.79 Å². The van der Waals surface area contributed by atoms with Crippen LogP contribution in [0.15, 0.2) is 12.4 Å². The van der Waals surface area contributed by atoms with E-state index in [1.807, 2.05) is 6.20 Å². The van der Waals surface area contributed by atoms with Crippen LogP contribution in [0.5, 0.6) is 0 Å². The molecule has 2 aliphatic rings. The molecule has 0 aromatic carbocycles. The molecule has 0 radical (unpaired) electrons. The van der Waals surface area contributed by atoms with Gasteiger partial charge in [0, 0.05) is 12.4 Å². The third-order valence-electron chi connectivity index (χ3n) is 3.64. The smallest absolute Gasteiger partial charge is 0.140 e. The van der Waals surface area contributed by atoms with E-state index in [1.165, 1.54) is 6.42 Å². The minimum absolute atomic E-state index is 0.145. The standard InChI is InChI=1S/C11H15N3O/c15-8-11(3-4-11)14-7-1-2-9(14)10-12-5-6-13-10/h5-6,8-9H,1-4,7H2,(H,12,13)/t9-/m0/s1. The van der Waals surface area contributed by atoms with E-state index in [0.29, 0.717) is 6.04 Å². The summed E-state index contributed by atoms with van der Waals surface area (Å²) < 4.78 is 0. The molecule has 0 spiro atoms. The number of hydrogen-bond acceptors (Lipinski definition) is 3. The van der Waals surface area contributed by atoms with Crippen LogP contribution < -0.4 is 0 Å². The van der Waals surface area contributed by atoms with E-state index in [4.69, 9.17) is 0 Å². The van der Waals surface area contributed by atoms with Crippen molar-refractivity contribution in [2.45, 2.75) is 37.3 Å². The van der Waals surface area contributed by atoms with Crippen LogP contribution in [0.1, 0.15) is 37.5 Å². The number of H-pyrrole nitrogens is 1. The quantitative estimate of drug-likeness (QED) is 0.756. The monoisotopic (exact) mass is 205 g/mol. The highest BCUT2D eigenvalue weighted by Gasteiger charge is 2.52. The van der Waals surface area contributed by atoms with Crippen LogP contribution >= 0.6 is 0 Å². The summed E-state index contributed by atoms with van der Waals surface area (Å²) in [4.78, 5) is 20.9. The van der Waals surface area contributed by atoms with Crippen LogP contribution in [-0.4, -0.2) is 33.2 Å². The minimum atomic E-state index is -0.145. The largest absolute Gasteiger partial charge is 0.347 e. The topological polar surface area (TPSA) is 49.0 Å². The summed E-state index contributed by atoms with van der Waals surface area (Å²) in [5.74, 6) is 1.01. The molecule has 4 heteroatoms. The Kier molecular flexibility index (Phi) is 1.92. The summed E-state index contributed by atoms with van der Waals surface area (Å²) in [5, 5.41) is 0. The first kappa shape index (κ1) is 9.09. The first-order chi connectivity index (χ1) is 7.36. The lowest BCUT2D eigenvalue weighted by Crippen LogP contribution is -2.38. The van der Waals surface area contributed by atoms with Crippen molar-refractivity contribution in [1.29, 1.82) is 0 Å². The van der Waals surface area contributed by atoms with Gasteiger partial charge in [0.2, 0.25) is 0 Å². The van der Waals surface area contributed by atoms with Crippen LogP contribution in [-0.2, 0) is 4.79 Å². The number of aromatic amines is 1. The zero-order valence-corrected chi connectivity index (χ0v) is 8.65. The molecule has 1 aliphatic carbocycles. The van der Waals surface area contributed by atoms with Crippen LogP contribution in [0.3, 0.4) is 0 Å². The second-order valence-corrected chi connectivity index (χ2v) is 4.55. The number of imidazole rings is 1. The maximum absolute atomic E-state index is 11.1. The van der Waals surface area contributed by atoms with Crippen molar-refractivity contribution in [3.8, 4) is 0 Å².